The molecule has 1 aliphatic carbocycles. The fourth-order valence-corrected chi connectivity index (χ4v) is 3.76. The summed E-state index contributed by atoms with van der Waals surface area (Å²) in [7, 11) is 0. The Morgan fingerprint density at radius 1 is 1.35 bits per heavy atom. The van der Waals surface area contributed by atoms with Crippen LogP contribution in [0, 0.1) is 6.92 Å². The molecular weight excluding hydrogens is 290 g/mol. The van der Waals surface area contributed by atoms with Gasteiger partial charge in [0.05, 0.1) is 20.9 Å². The van der Waals surface area contributed by atoms with Crippen LogP contribution in [0.2, 0.25) is 5.02 Å². The van der Waals surface area contributed by atoms with Crippen molar-refractivity contribution in [2.24, 2.45) is 0 Å². The van der Waals surface area contributed by atoms with Crippen molar-refractivity contribution < 1.29 is 0 Å². The van der Waals surface area contributed by atoms with Gasteiger partial charge in [0.15, 0.2) is 5.82 Å². The molecular formula is C15H14ClN3S. The van der Waals surface area contributed by atoms with Crippen LogP contribution in [0.4, 0.5) is 5.00 Å². The monoisotopic (exact) mass is 303 g/mol. The average molecular weight is 304 g/mol. The molecule has 0 saturated heterocycles. The summed E-state index contributed by atoms with van der Waals surface area (Å²) in [4.78, 5) is 5.98. The van der Waals surface area contributed by atoms with Gasteiger partial charge in [-0.25, -0.2) is 4.98 Å². The molecule has 0 spiro atoms. The van der Waals surface area contributed by atoms with Crippen molar-refractivity contribution in [1.29, 1.82) is 0 Å². The molecule has 0 atom stereocenters. The van der Waals surface area contributed by atoms with Crippen LogP contribution in [0.3, 0.4) is 0 Å². The Hall–Kier alpha value is -1.52. The van der Waals surface area contributed by atoms with E-state index in [9.17, 15) is 0 Å². The molecule has 2 N–H and O–H groups in total. The lowest BCUT2D eigenvalue weighted by molar-refractivity contribution is 0.776. The molecule has 0 aliphatic heterocycles. The van der Waals surface area contributed by atoms with Gasteiger partial charge in [-0.15, -0.1) is 11.3 Å². The lowest BCUT2D eigenvalue weighted by Crippen LogP contribution is -1.96. The highest BCUT2D eigenvalue weighted by atomic mass is 35.5. The van der Waals surface area contributed by atoms with Crippen molar-refractivity contribution in [3.63, 3.8) is 0 Å². The Morgan fingerprint density at radius 2 is 2.15 bits per heavy atom. The van der Waals surface area contributed by atoms with Crippen molar-refractivity contribution in [2.75, 3.05) is 5.73 Å². The molecule has 3 nitrogen and oxygen atoms in total. The molecule has 4 rings (SSSR count). The third-order valence-electron chi connectivity index (χ3n) is 3.70. The quantitative estimate of drug-likeness (QED) is 0.749. The zero-order valence-electron chi connectivity index (χ0n) is 11.1. The normalized spacial score (nSPS) is 15.1. The summed E-state index contributed by atoms with van der Waals surface area (Å²) in [6, 6.07) is 8.52. The fourth-order valence-electron chi connectivity index (χ4n) is 2.66. The minimum Gasteiger partial charge on any atom is -0.391 e. The van der Waals surface area contributed by atoms with E-state index in [2.05, 4.69) is 17.6 Å². The van der Waals surface area contributed by atoms with Gasteiger partial charge in [-0.05, 0) is 49.6 Å². The molecule has 1 aromatic carbocycles. The van der Waals surface area contributed by atoms with Crippen LogP contribution in [-0.4, -0.2) is 9.55 Å². The number of hydrogen-bond acceptors (Lipinski definition) is 3. The predicted molar refractivity (Wildman–Crippen MR) is 85.5 cm³/mol. The smallest absolute Gasteiger partial charge is 0.151 e. The molecule has 0 radical (unpaired) electrons. The molecule has 1 aliphatic rings. The number of nitrogen functional groups attached to an aromatic ring is 1. The molecule has 1 saturated carbocycles. The van der Waals surface area contributed by atoms with Gasteiger partial charge in [0, 0.05) is 11.1 Å². The molecule has 20 heavy (non-hydrogen) atoms. The zero-order valence-corrected chi connectivity index (χ0v) is 12.6. The first-order chi connectivity index (χ1) is 9.63. The second-order valence-electron chi connectivity index (χ2n) is 5.33. The first-order valence-electron chi connectivity index (χ1n) is 6.67. The number of halogens is 1. The van der Waals surface area contributed by atoms with Crippen molar-refractivity contribution in [3.8, 4) is 10.7 Å². The number of nitrogens with two attached hydrogens (primary N) is 1. The minimum atomic E-state index is 0.568. The second kappa shape index (κ2) is 4.24. The summed E-state index contributed by atoms with van der Waals surface area (Å²) >= 11 is 7.70. The van der Waals surface area contributed by atoms with E-state index in [1.807, 2.05) is 18.2 Å². The molecule has 5 heteroatoms. The van der Waals surface area contributed by atoms with E-state index < -0.39 is 0 Å². The van der Waals surface area contributed by atoms with Gasteiger partial charge >= 0.3 is 0 Å². The lowest BCUT2D eigenvalue weighted by Gasteiger charge is -2.06. The van der Waals surface area contributed by atoms with Gasteiger partial charge in [0.2, 0.25) is 0 Å². The number of aryl methyl sites for hydroxylation is 1. The van der Waals surface area contributed by atoms with E-state index in [0.29, 0.717) is 6.04 Å². The fraction of sp³-hybridized carbons (Fsp3) is 0.267. The van der Waals surface area contributed by atoms with Crippen LogP contribution >= 0.6 is 22.9 Å². The highest BCUT2D eigenvalue weighted by Crippen LogP contribution is 2.44. The molecule has 1 fully saturated rings. The van der Waals surface area contributed by atoms with E-state index in [4.69, 9.17) is 22.3 Å². The van der Waals surface area contributed by atoms with Crippen LogP contribution in [0.1, 0.15) is 24.4 Å². The Morgan fingerprint density at radius 3 is 2.80 bits per heavy atom. The number of nitrogens with zero attached hydrogens (tertiary/aromatic N) is 2. The topological polar surface area (TPSA) is 43.8 Å². The van der Waals surface area contributed by atoms with Gasteiger partial charge in [-0.3, -0.25) is 0 Å². The molecule has 0 amide bonds. The van der Waals surface area contributed by atoms with Crippen molar-refractivity contribution in [3.05, 3.63) is 34.9 Å². The van der Waals surface area contributed by atoms with E-state index in [1.54, 1.807) is 11.3 Å². The number of hydrogen-bond donors (Lipinski definition) is 1. The summed E-state index contributed by atoms with van der Waals surface area (Å²) in [6.07, 6.45) is 2.45. The summed E-state index contributed by atoms with van der Waals surface area (Å²) in [5, 5.41) is 1.57. The van der Waals surface area contributed by atoms with Gasteiger partial charge < -0.3 is 10.3 Å². The Kier molecular flexibility index (Phi) is 2.59. The lowest BCUT2D eigenvalue weighted by atomic mass is 10.2. The molecule has 2 aromatic heterocycles. The van der Waals surface area contributed by atoms with Crippen LogP contribution in [0.15, 0.2) is 24.3 Å². The maximum Gasteiger partial charge on any atom is 0.151 e. The summed E-state index contributed by atoms with van der Waals surface area (Å²) in [5.41, 5.74) is 9.26. The number of fused-ring (bicyclic) bond motifs is 1. The number of thiophene rings is 1. The van der Waals surface area contributed by atoms with Crippen LogP contribution < -0.4 is 5.73 Å². The number of aromatic nitrogens is 2. The van der Waals surface area contributed by atoms with Gasteiger partial charge in [0.25, 0.3) is 0 Å². The molecule has 0 unspecified atom stereocenters. The van der Waals surface area contributed by atoms with Crippen molar-refractivity contribution in [2.45, 2.75) is 25.8 Å². The highest BCUT2D eigenvalue weighted by molar-refractivity contribution is 7.19. The highest BCUT2D eigenvalue weighted by Gasteiger charge is 2.29. The Labute approximate surface area is 126 Å². The summed E-state index contributed by atoms with van der Waals surface area (Å²) in [6.45, 7) is 2.09. The number of benzene rings is 1. The largest absolute Gasteiger partial charge is 0.391 e. The summed E-state index contributed by atoms with van der Waals surface area (Å²) < 4.78 is 2.35. The molecule has 3 aromatic rings. The molecule has 0 bridgehead atoms. The van der Waals surface area contributed by atoms with Crippen LogP contribution in [0.25, 0.3) is 21.7 Å². The van der Waals surface area contributed by atoms with E-state index in [-0.39, 0.29) is 0 Å². The van der Waals surface area contributed by atoms with Crippen molar-refractivity contribution >= 4 is 39.0 Å². The predicted octanol–water partition coefficient (Wildman–Crippen LogP) is 4.64. The van der Waals surface area contributed by atoms with Crippen LogP contribution in [0.5, 0.6) is 0 Å². The Bertz CT molecular complexity index is 814. The number of rotatable bonds is 2. The number of anilines is 1. The van der Waals surface area contributed by atoms with E-state index in [0.717, 1.165) is 21.4 Å². The third-order valence-corrected chi connectivity index (χ3v) is 5.00. The zero-order chi connectivity index (χ0) is 13.9. The third kappa shape index (κ3) is 1.83. The van der Waals surface area contributed by atoms with Crippen LogP contribution in [-0.2, 0) is 0 Å². The minimum absolute atomic E-state index is 0.568. The maximum atomic E-state index is 6.09. The maximum absolute atomic E-state index is 6.09. The SMILES string of the molecule is Cc1cc(N)sc1-c1nc2cc(Cl)ccc2n1C1CC1. The molecule has 102 valence electrons. The van der Waals surface area contributed by atoms with E-state index >= 15 is 0 Å². The first-order valence-corrected chi connectivity index (χ1v) is 7.86. The Balaban J connectivity index is 2.03. The van der Waals surface area contributed by atoms with E-state index in [1.165, 1.54) is 28.8 Å². The molecule has 2 heterocycles. The van der Waals surface area contributed by atoms with Gasteiger partial charge in [-0.2, -0.15) is 0 Å². The second-order valence-corrected chi connectivity index (χ2v) is 6.85. The number of imidazole rings is 1. The van der Waals surface area contributed by atoms with Gasteiger partial charge in [-0.1, -0.05) is 11.6 Å². The summed E-state index contributed by atoms with van der Waals surface area (Å²) in [5.74, 6) is 1.03. The van der Waals surface area contributed by atoms with Crippen molar-refractivity contribution in [1.82, 2.24) is 9.55 Å². The first kappa shape index (κ1) is 12.2. The standard InChI is InChI=1S/C15H14ClN3S/c1-8-6-13(17)20-14(8)15-18-11-7-9(16)2-5-12(11)19(15)10-3-4-10/h2,5-7,10H,3-4,17H2,1H3. The van der Waals surface area contributed by atoms with Gasteiger partial charge in [0.1, 0.15) is 0 Å². The average Bonchev–Trinajstić information content (AvgIpc) is 3.08.